The van der Waals surface area contributed by atoms with E-state index in [0.29, 0.717) is 17.9 Å². The van der Waals surface area contributed by atoms with Gasteiger partial charge in [-0.3, -0.25) is 9.59 Å². The van der Waals surface area contributed by atoms with Crippen molar-refractivity contribution in [1.82, 2.24) is 0 Å². The van der Waals surface area contributed by atoms with Gasteiger partial charge >= 0.3 is 0 Å². The molecular weight excluding hydrogens is 528 g/mol. The van der Waals surface area contributed by atoms with Gasteiger partial charge in [-0.1, -0.05) is 107 Å². The number of nitrogens with zero attached hydrogens (tertiary/aromatic N) is 1. The van der Waals surface area contributed by atoms with E-state index in [1.54, 1.807) is 24.3 Å². The lowest BCUT2D eigenvalue weighted by Crippen LogP contribution is -2.34. The molecule has 3 aromatic rings. The molecule has 3 rings (SSSR count). The number of ether oxygens (including phenoxy) is 1. The van der Waals surface area contributed by atoms with E-state index >= 15 is 0 Å². The average Bonchev–Trinajstić information content (AvgIpc) is 3.36. The second-order valence-electron chi connectivity index (χ2n) is 11.2. The van der Waals surface area contributed by atoms with Crippen molar-refractivity contribution in [3.05, 3.63) is 75.7 Å². The van der Waals surface area contributed by atoms with Crippen LogP contribution in [-0.4, -0.2) is 18.3 Å². The molecule has 6 heteroatoms. The number of carbonyl (C=O) groups excluding carboxylic acids is 2. The summed E-state index contributed by atoms with van der Waals surface area (Å²) >= 11 is 1.69. The van der Waals surface area contributed by atoms with Gasteiger partial charge in [-0.2, -0.15) is 4.57 Å². The highest BCUT2D eigenvalue weighted by molar-refractivity contribution is 7.07. The van der Waals surface area contributed by atoms with Gasteiger partial charge in [-0.15, -0.1) is 0 Å². The molecule has 1 N–H and O–H groups in total. The molecule has 222 valence electrons. The predicted octanol–water partition coefficient (Wildman–Crippen LogP) is 8.86. The van der Waals surface area contributed by atoms with E-state index in [1.165, 1.54) is 75.5 Å². The summed E-state index contributed by atoms with van der Waals surface area (Å²) in [5, 5.41) is 5.10. The summed E-state index contributed by atoms with van der Waals surface area (Å²) < 4.78 is 8.18. The third kappa shape index (κ3) is 12.2. The normalized spacial score (nSPS) is 11.0. The zero-order valence-electron chi connectivity index (χ0n) is 25.4. The molecule has 0 radical (unpaired) electrons. The molecular formula is C35H49N2O3S+. The molecule has 0 unspecified atom stereocenters. The van der Waals surface area contributed by atoms with Crippen LogP contribution in [0.3, 0.4) is 0 Å². The highest BCUT2D eigenvalue weighted by Crippen LogP contribution is 2.22. The fourth-order valence-electron chi connectivity index (χ4n) is 5.01. The number of aromatic nitrogens is 1. The van der Waals surface area contributed by atoms with Crippen LogP contribution in [-0.2, 0) is 17.8 Å². The lowest BCUT2D eigenvalue weighted by atomic mass is 10.0. The number of thiazole rings is 1. The molecule has 2 aromatic carbocycles. The number of anilines is 1. The van der Waals surface area contributed by atoms with Crippen molar-refractivity contribution < 1.29 is 18.9 Å². The summed E-state index contributed by atoms with van der Waals surface area (Å²) in [7, 11) is 0. The van der Waals surface area contributed by atoms with Crippen LogP contribution in [0.15, 0.2) is 53.4 Å². The number of unbranched alkanes of at least 4 members (excludes halogenated alkanes) is 11. The summed E-state index contributed by atoms with van der Waals surface area (Å²) in [5.41, 5.74) is 6.62. The molecule has 0 bridgehead atoms. The summed E-state index contributed by atoms with van der Waals surface area (Å²) in [6.07, 6.45) is 15.8. The molecule has 1 heterocycles. The van der Waals surface area contributed by atoms with Crippen molar-refractivity contribution in [2.45, 2.75) is 111 Å². The van der Waals surface area contributed by atoms with E-state index in [1.807, 2.05) is 36.4 Å². The Hall–Kier alpha value is -2.99. The smallest absolute Gasteiger partial charge is 0.228 e. The first-order valence-electron chi connectivity index (χ1n) is 15.5. The maximum absolute atomic E-state index is 12.7. The fraction of sp³-hybridized carbons (Fsp3) is 0.514. The molecule has 0 atom stereocenters. The molecule has 0 spiro atoms. The highest BCUT2D eigenvalue weighted by Gasteiger charge is 2.13. The summed E-state index contributed by atoms with van der Waals surface area (Å²) in [5.74, 6) is 0.450. The molecule has 0 saturated carbocycles. The zero-order valence-corrected chi connectivity index (χ0v) is 26.2. The molecule has 0 saturated heterocycles. The SMILES string of the molecule is CCCCCCCCCCCCCCOc1ccc(CC(=O)Nc2ccc(C[n+]3cscc3C)cc2)cc1C(C)=O. The van der Waals surface area contributed by atoms with E-state index in [4.69, 9.17) is 4.74 Å². The number of hydrogen-bond acceptors (Lipinski definition) is 4. The van der Waals surface area contributed by atoms with Crippen LogP contribution in [0.5, 0.6) is 5.75 Å². The molecule has 5 nitrogen and oxygen atoms in total. The zero-order chi connectivity index (χ0) is 29.3. The van der Waals surface area contributed by atoms with Gasteiger partial charge in [0.15, 0.2) is 18.0 Å². The van der Waals surface area contributed by atoms with Crippen molar-refractivity contribution in [2.24, 2.45) is 0 Å². The van der Waals surface area contributed by atoms with Gasteiger partial charge in [0, 0.05) is 18.2 Å². The number of rotatable bonds is 20. The number of benzene rings is 2. The van der Waals surface area contributed by atoms with Crippen molar-refractivity contribution in [2.75, 3.05) is 11.9 Å². The van der Waals surface area contributed by atoms with Crippen LogP contribution >= 0.6 is 11.3 Å². The van der Waals surface area contributed by atoms with E-state index in [0.717, 1.165) is 30.6 Å². The van der Waals surface area contributed by atoms with Crippen LogP contribution in [0.4, 0.5) is 5.69 Å². The number of nitrogens with one attached hydrogen (secondary N) is 1. The van der Waals surface area contributed by atoms with Gasteiger partial charge in [-0.05, 0) is 43.2 Å². The molecule has 1 amide bonds. The maximum atomic E-state index is 12.7. The lowest BCUT2D eigenvalue weighted by molar-refractivity contribution is -0.689. The van der Waals surface area contributed by atoms with Gasteiger partial charge in [0.2, 0.25) is 11.4 Å². The van der Waals surface area contributed by atoms with Crippen molar-refractivity contribution in [3.8, 4) is 5.75 Å². The van der Waals surface area contributed by atoms with Gasteiger partial charge in [0.25, 0.3) is 0 Å². The van der Waals surface area contributed by atoms with Gasteiger partial charge < -0.3 is 10.1 Å². The third-order valence-electron chi connectivity index (χ3n) is 7.51. The molecule has 0 fully saturated rings. The number of amides is 1. The fourth-order valence-corrected chi connectivity index (χ4v) is 5.79. The van der Waals surface area contributed by atoms with Gasteiger partial charge in [-0.25, -0.2) is 0 Å². The van der Waals surface area contributed by atoms with Gasteiger partial charge in [0.1, 0.15) is 5.75 Å². The van der Waals surface area contributed by atoms with Crippen molar-refractivity contribution in [1.29, 1.82) is 0 Å². The summed E-state index contributed by atoms with van der Waals surface area (Å²) in [6, 6.07) is 13.5. The highest BCUT2D eigenvalue weighted by atomic mass is 32.1. The number of hydrogen-bond donors (Lipinski definition) is 1. The van der Waals surface area contributed by atoms with E-state index in [2.05, 4.69) is 34.6 Å². The van der Waals surface area contributed by atoms with E-state index in [-0.39, 0.29) is 18.1 Å². The summed E-state index contributed by atoms with van der Waals surface area (Å²) in [4.78, 5) is 25.0. The molecule has 0 aliphatic heterocycles. The van der Waals surface area contributed by atoms with Crippen LogP contribution in [0.25, 0.3) is 0 Å². The second kappa shape index (κ2) is 18.4. The lowest BCUT2D eigenvalue weighted by Gasteiger charge is -2.12. The Balaban J connectivity index is 1.36. The Labute approximate surface area is 251 Å². The van der Waals surface area contributed by atoms with E-state index in [9.17, 15) is 9.59 Å². The maximum Gasteiger partial charge on any atom is 0.228 e. The number of Topliss-reactive ketones (excluding diaryl/α,β-unsaturated/α-hetero) is 1. The minimum absolute atomic E-state index is 0.0498. The van der Waals surface area contributed by atoms with Crippen molar-refractivity contribution in [3.63, 3.8) is 0 Å². The second-order valence-corrected chi connectivity index (χ2v) is 11.9. The third-order valence-corrected chi connectivity index (χ3v) is 8.37. The number of aryl methyl sites for hydroxylation is 1. The first-order valence-corrected chi connectivity index (χ1v) is 16.5. The van der Waals surface area contributed by atoms with Crippen LogP contribution in [0, 0.1) is 6.92 Å². The average molecular weight is 578 g/mol. The predicted molar refractivity (Wildman–Crippen MR) is 170 cm³/mol. The minimum Gasteiger partial charge on any atom is -0.493 e. The monoisotopic (exact) mass is 577 g/mol. The summed E-state index contributed by atoms with van der Waals surface area (Å²) in [6.45, 7) is 7.33. The van der Waals surface area contributed by atoms with E-state index < -0.39 is 0 Å². The largest absolute Gasteiger partial charge is 0.493 e. The molecule has 1 aromatic heterocycles. The molecule has 41 heavy (non-hydrogen) atoms. The first kappa shape index (κ1) is 32.5. The minimum atomic E-state index is -0.111. The van der Waals surface area contributed by atoms with Crippen molar-refractivity contribution >= 4 is 28.7 Å². The van der Waals surface area contributed by atoms with Crippen LogP contribution < -0.4 is 14.6 Å². The topological polar surface area (TPSA) is 59.3 Å². The Kier molecular flexibility index (Phi) is 14.6. The quantitative estimate of drug-likeness (QED) is 0.0829. The number of carbonyl (C=O) groups is 2. The van der Waals surface area contributed by atoms with Crippen LogP contribution in [0.1, 0.15) is 118 Å². The number of ketones is 1. The standard InChI is InChI=1S/C35H48N2O3S/c1-4-5-6-7-8-9-10-11-12-13-14-15-22-40-34-21-18-31(23-33(34)29(3)38)24-35(39)36-32-19-16-30(17-20-32)25-37-27-41-26-28(37)2/h16-21,23,26-27H,4-15,22,24-25H2,1-3H3/p+1. The Morgan fingerprint density at radius 3 is 2.02 bits per heavy atom. The van der Waals surface area contributed by atoms with Gasteiger partial charge in [0.05, 0.1) is 24.0 Å². The first-order chi connectivity index (χ1) is 20.0. The Morgan fingerprint density at radius 2 is 1.44 bits per heavy atom. The Bertz CT molecular complexity index is 1200. The Morgan fingerprint density at radius 1 is 0.829 bits per heavy atom. The molecule has 0 aliphatic carbocycles. The molecule has 0 aliphatic rings. The van der Waals surface area contributed by atoms with Crippen LogP contribution in [0.2, 0.25) is 0 Å².